The van der Waals surface area contributed by atoms with Gasteiger partial charge in [-0.05, 0) is 38.8 Å². The fourth-order valence-electron chi connectivity index (χ4n) is 3.66. The van der Waals surface area contributed by atoms with Crippen molar-refractivity contribution >= 4 is 13.8 Å². The number of carbonyl (C=O) groups excluding carboxylic acids is 1. The predicted molar refractivity (Wildman–Crippen MR) is 124 cm³/mol. The van der Waals surface area contributed by atoms with Crippen LogP contribution in [0.25, 0.3) is 0 Å². The molecule has 2 aliphatic heterocycles. The molecule has 4 rings (SSSR count). The largest absolute Gasteiger partial charge is 0.530 e. The Morgan fingerprint density at radius 1 is 1.29 bits per heavy atom. The summed E-state index contributed by atoms with van der Waals surface area (Å²) in [5.41, 5.74) is 0.681. The highest BCUT2D eigenvalue weighted by Crippen LogP contribution is 2.55. The zero-order valence-electron chi connectivity index (χ0n) is 19.6. The standard InChI is InChI=1S/C23H27N2O9P/c1-14(2)32-20(26)10-7-16-5-4-6-17-12-30-35(29,34-21(16)17)31-13-18-8-9-19(33-18)25-11-15(3)22(27)24-23(25)28/h4-6,8-9,11,14,18-19H,7,10,12-13H2,1-3H3,(H,24,27,28)/t18-,19+,35?/m0/s1. The number of ether oxygens (including phenoxy) is 2. The van der Waals surface area contributed by atoms with E-state index in [1.54, 1.807) is 45.1 Å². The molecular formula is C23H27N2O9P. The molecule has 12 heteroatoms. The van der Waals surface area contributed by atoms with Crippen molar-refractivity contribution in [3.05, 3.63) is 74.1 Å². The second-order valence-corrected chi connectivity index (χ2v) is 10.1. The van der Waals surface area contributed by atoms with Crippen molar-refractivity contribution in [3.8, 4) is 5.75 Å². The first-order valence-electron chi connectivity index (χ1n) is 11.2. The Bertz CT molecular complexity index is 1300. The van der Waals surface area contributed by atoms with E-state index in [0.717, 1.165) is 0 Å². The van der Waals surface area contributed by atoms with Gasteiger partial charge >= 0.3 is 19.5 Å². The number of carbonyl (C=O) groups is 1. The van der Waals surface area contributed by atoms with E-state index in [1.807, 2.05) is 6.07 Å². The zero-order chi connectivity index (χ0) is 25.2. The molecule has 1 N–H and O–H groups in total. The van der Waals surface area contributed by atoms with Gasteiger partial charge in [-0.3, -0.25) is 28.2 Å². The van der Waals surface area contributed by atoms with E-state index in [1.165, 1.54) is 10.8 Å². The predicted octanol–water partition coefficient (Wildman–Crippen LogP) is 2.92. The normalized spacial score (nSPS) is 23.2. The van der Waals surface area contributed by atoms with Gasteiger partial charge in [0.2, 0.25) is 0 Å². The molecule has 35 heavy (non-hydrogen) atoms. The lowest BCUT2D eigenvalue weighted by atomic mass is 10.0. The van der Waals surface area contributed by atoms with E-state index in [-0.39, 0.29) is 31.7 Å². The number of phosphoric ester groups is 1. The number of benzene rings is 1. The van der Waals surface area contributed by atoms with Crippen molar-refractivity contribution in [1.29, 1.82) is 0 Å². The van der Waals surface area contributed by atoms with E-state index in [2.05, 4.69) is 4.98 Å². The minimum atomic E-state index is -3.96. The maximum absolute atomic E-state index is 13.1. The third kappa shape index (κ3) is 5.99. The average molecular weight is 506 g/mol. The van der Waals surface area contributed by atoms with Gasteiger partial charge in [-0.15, -0.1) is 0 Å². The maximum atomic E-state index is 13.1. The smallest absolute Gasteiger partial charge is 0.463 e. The van der Waals surface area contributed by atoms with E-state index in [9.17, 15) is 18.9 Å². The van der Waals surface area contributed by atoms with Gasteiger partial charge < -0.3 is 14.0 Å². The second-order valence-electron chi connectivity index (χ2n) is 8.48. The quantitative estimate of drug-likeness (QED) is 0.326. The van der Waals surface area contributed by atoms with Crippen LogP contribution in [-0.2, 0) is 40.9 Å². The van der Waals surface area contributed by atoms with Crippen LogP contribution in [0, 0.1) is 6.92 Å². The lowest BCUT2D eigenvalue weighted by Gasteiger charge is -2.27. The Morgan fingerprint density at radius 2 is 2.09 bits per heavy atom. The Labute approximate surface area is 201 Å². The Kier molecular flexibility index (Phi) is 7.42. The molecule has 3 atom stereocenters. The van der Waals surface area contributed by atoms with Crippen molar-refractivity contribution in [2.45, 2.75) is 58.7 Å². The third-order valence-electron chi connectivity index (χ3n) is 5.35. The Hall–Kier alpha value is -2.98. The molecule has 2 aliphatic rings. The van der Waals surface area contributed by atoms with Crippen molar-refractivity contribution in [2.24, 2.45) is 0 Å². The molecule has 0 saturated heterocycles. The fourth-order valence-corrected chi connectivity index (χ4v) is 4.92. The first kappa shape index (κ1) is 25.1. The molecule has 2 aromatic rings. The summed E-state index contributed by atoms with van der Waals surface area (Å²) in [7, 11) is -3.96. The number of nitrogens with zero attached hydrogens (tertiary/aromatic N) is 1. The van der Waals surface area contributed by atoms with Crippen LogP contribution < -0.4 is 15.8 Å². The van der Waals surface area contributed by atoms with Crippen LogP contribution >= 0.6 is 7.82 Å². The van der Waals surface area contributed by atoms with E-state index >= 15 is 0 Å². The topological polar surface area (TPSA) is 135 Å². The van der Waals surface area contributed by atoms with Crippen molar-refractivity contribution < 1.29 is 32.4 Å². The van der Waals surface area contributed by atoms with Crippen molar-refractivity contribution in [2.75, 3.05) is 6.61 Å². The number of esters is 1. The molecule has 1 aromatic heterocycles. The highest BCUT2D eigenvalue weighted by Gasteiger charge is 2.37. The highest BCUT2D eigenvalue weighted by molar-refractivity contribution is 7.49. The Balaban J connectivity index is 1.38. The summed E-state index contributed by atoms with van der Waals surface area (Å²) in [5, 5.41) is 0. The van der Waals surface area contributed by atoms with E-state index < -0.39 is 31.4 Å². The molecule has 0 fully saturated rings. The number of aromatic nitrogens is 2. The number of H-pyrrole nitrogens is 1. The summed E-state index contributed by atoms with van der Waals surface area (Å²) in [6.07, 6.45) is 3.61. The molecule has 3 heterocycles. The Morgan fingerprint density at radius 3 is 2.86 bits per heavy atom. The number of aryl methyl sites for hydroxylation is 2. The van der Waals surface area contributed by atoms with Gasteiger partial charge in [-0.1, -0.05) is 24.3 Å². The number of fused-ring (bicyclic) bond motifs is 1. The first-order valence-corrected chi connectivity index (χ1v) is 12.6. The molecule has 0 spiro atoms. The van der Waals surface area contributed by atoms with Gasteiger partial charge in [0.1, 0.15) is 11.9 Å². The highest BCUT2D eigenvalue weighted by atomic mass is 31.2. The second kappa shape index (κ2) is 10.3. The summed E-state index contributed by atoms with van der Waals surface area (Å²) in [6.45, 7) is 5.01. The van der Waals surface area contributed by atoms with Crippen LogP contribution in [0.2, 0.25) is 0 Å². The summed E-state index contributed by atoms with van der Waals surface area (Å²) in [4.78, 5) is 37.8. The van der Waals surface area contributed by atoms with Crippen LogP contribution in [0.1, 0.15) is 43.2 Å². The summed E-state index contributed by atoms with van der Waals surface area (Å²) in [5.74, 6) is 0.0380. The number of hydrogen-bond acceptors (Lipinski definition) is 9. The van der Waals surface area contributed by atoms with Crippen LogP contribution in [0.15, 0.2) is 46.1 Å². The molecule has 0 bridgehead atoms. The number of rotatable bonds is 8. The summed E-state index contributed by atoms with van der Waals surface area (Å²) >= 11 is 0. The molecule has 0 saturated carbocycles. The van der Waals surface area contributed by atoms with Crippen LogP contribution in [0.4, 0.5) is 0 Å². The molecule has 1 unspecified atom stereocenters. The molecule has 0 aliphatic carbocycles. The SMILES string of the molecule is Cc1cn([C@H]2C=C[C@@H](COP3(=O)OCc4cccc(CCC(=O)OC(C)C)c4O3)O2)c(=O)[nH]c1=O. The lowest BCUT2D eigenvalue weighted by molar-refractivity contribution is -0.147. The van der Waals surface area contributed by atoms with Crippen molar-refractivity contribution in [3.63, 3.8) is 0 Å². The summed E-state index contributed by atoms with van der Waals surface area (Å²) in [6, 6.07) is 5.38. The number of aromatic amines is 1. The fraction of sp³-hybridized carbons (Fsp3) is 0.435. The minimum Gasteiger partial charge on any atom is -0.463 e. The molecular weight excluding hydrogens is 479 g/mol. The molecule has 0 radical (unpaired) electrons. The number of hydrogen-bond donors (Lipinski definition) is 1. The van der Waals surface area contributed by atoms with Crippen LogP contribution in [-0.4, -0.2) is 34.3 Å². The van der Waals surface area contributed by atoms with Gasteiger partial charge in [-0.2, -0.15) is 0 Å². The summed E-state index contributed by atoms with van der Waals surface area (Å²) < 4.78 is 41.9. The monoisotopic (exact) mass is 506 g/mol. The number of para-hydroxylation sites is 1. The third-order valence-corrected chi connectivity index (χ3v) is 6.66. The zero-order valence-corrected chi connectivity index (χ0v) is 20.5. The van der Waals surface area contributed by atoms with Gasteiger partial charge in [-0.25, -0.2) is 9.36 Å². The number of phosphoric acid groups is 1. The van der Waals surface area contributed by atoms with E-state index in [4.69, 9.17) is 23.0 Å². The van der Waals surface area contributed by atoms with Crippen LogP contribution in [0.5, 0.6) is 5.75 Å². The molecule has 0 amide bonds. The van der Waals surface area contributed by atoms with Gasteiger partial charge in [0.25, 0.3) is 5.56 Å². The van der Waals surface area contributed by atoms with E-state index in [0.29, 0.717) is 28.9 Å². The van der Waals surface area contributed by atoms with Gasteiger partial charge in [0, 0.05) is 23.7 Å². The van der Waals surface area contributed by atoms with Gasteiger partial charge in [0.05, 0.1) is 19.3 Å². The first-order chi connectivity index (χ1) is 16.6. The average Bonchev–Trinajstić information content (AvgIpc) is 3.27. The minimum absolute atomic E-state index is 0.0208. The number of nitrogens with one attached hydrogen (secondary N) is 1. The van der Waals surface area contributed by atoms with Crippen LogP contribution in [0.3, 0.4) is 0 Å². The van der Waals surface area contributed by atoms with Gasteiger partial charge in [0.15, 0.2) is 6.23 Å². The molecule has 11 nitrogen and oxygen atoms in total. The lowest BCUT2D eigenvalue weighted by Crippen LogP contribution is -2.33. The van der Waals surface area contributed by atoms with Crippen molar-refractivity contribution in [1.82, 2.24) is 9.55 Å². The molecule has 188 valence electrons. The maximum Gasteiger partial charge on any atom is 0.530 e. The molecule has 1 aromatic carbocycles.